The van der Waals surface area contributed by atoms with Crippen LogP contribution in [0.2, 0.25) is 0 Å². The number of unbranched alkanes of at least 4 members (excludes halogenated alkanes) is 1. The number of ether oxygens (including phenoxy) is 1. The lowest BCUT2D eigenvalue weighted by Crippen LogP contribution is -2.44. The van der Waals surface area contributed by atoms with Crippen molar-refractivity contribution in [3.05, 3.63) is 89.5 Å². The molecule has 0 heterocycles. The van der Waals surface area contributed by atoms with E-state index in [1.165, 1.54) is 11.1 Å². The Morgan fingerprint density at radius 1 is 0.900 bits per heavy atom. The number of alkyl halides is 1. The van der Waals surface area contributed by atoms with Gasteiger partial charge in [-0.25, -0.2) is 0 Å². The summed E-state index contributed by atoms with van der Waals surface area (Å²) >= 11 is 3.54. The Kier molecular flexibility index (Phi) is 6.24. The summed E-state index contributed by atoms with van der Waals surface area (Å²) in [5, 5.41) is 4.18. The number of rotatable bonds is 8. The third kappa shape index (κ3) is 3.65. The minimum Gasteiger partial charge on any atom is -0.497 e. The first-order valence-corrected chi connectivity index (χ1v) is 11.5. The van der Waals surface area contributed by atoms with Gasteiger partial charge in [-0.05, 0) is 52.8 Å². The predicted molar refractivity (Wildman–Crippen MR) is 125 cm³/mol. The van der Waals surface area contributed by atoms with E-state index in [-0.39, 0.29) is 5.91 Å². The van der Waals surface area contributed by atoms with Gasteiger partial charge in [0.25, 0.3) is 0 Å². The average Bonchev–Trinajstić information content (AvgIpc) is 3.09. The summed E-state index contributed by atoms with van der Waals surface area (Å²) in [7, 11) is 1.66. The van der Waals surface area contributed by atoms with Crippen LogP contribution in [0.4, 0.5) is 0 Å². The topological polar surface area (TPSA) is 38.3 Å². The van der Waals surface area contributed by atoms with Crippen LogP contribution in [0, 0.1) is 0 Å². The van der Waals surface area contributed by atoms with Crippen molar-refractivity contribution in [2.24, 2.45) is 0 Å². The second-order valence-corrected chi connectivity index (χ2v) is 8.47. The molecule has 1 N–H and O–H groups in total. The van der Waals surface area contributed by atoms with Crippen molar-refractivity contribution < 1.29 is 9.53 Å². The molecule has 0 fully saturated rings. The fourth-order valence-electron chi connectivity index (χ4n) is 4.51. The van der Waals surface area contributed by atoms with Crippen molar-refractivity contribution in [1.29, 1.82) is 0 Å². The van der Waals surface area contributed by atoms with Gasteiger partial charge in [-0.3, -0.25) is 4.79 Å². The van der Waals surface area contributed by atoms with Crippen LogP contribution < -0.4 is 10.1 Å². The fourth-order valence-corrected chi connectivity index (χ4v) is 4.91. The maximum absolute atomic E-state index is 13.8. The summed E-state index contributed by atoms with van der Waals surface area (Å²) in [6, 6.07) is 24.5. The Bertz CT molecular complexity index is 984. The molecule has 0 spiro atoms. The molecular formula is C26H26BrNO2. The zero-order valence-electron chi connectivity index (χ0n) is 17.2. The minimum atomic E-state index is -0.651. The first-order valence-electron chi connectivity index (χ1n) is 10.4. The number of nitrogens with one attached hydrogen (secondary N) is 1. The Morgan fingerprint density at radius 2 is 1.50 bits per heavy atom. The average molecular weight is 464 g/mol. The Hall–Kier alpha value is -2.59. The van der Waals surface area contributed by atoms with Gasteiger partial charge in [0.1, 0.15) is 11.2 Å². The van der Waals surface area contributed by atoms with Crippen LogP contribution in [-0.2, 0) is 16.8 Å². The molecule has 1 amide bonds. The van der Waals surface area contributed by atoms with Crippen LogP contribution in [0.15, 0.2) is 72.8 Å². The van der Waals surface area contributed by atoms with Gasteiger partial charge in [0.05, 0.1) is 7.11 Å². The largest absolute Gasteiger partial charge is 0.497 e. The molecule has 4 rings (SSSR count). The molecule has 0 unspecified atom stereocenters. The predicted octanol–water partition coefficient (Wildman–Crippen LogP) is 5.84. The monoisotopic (exact) mass is 463 g/mol. The first kappa shape index (κ1) is 20.7. The quantitative estimate of drug-likeness (QED) is 0.336. The third-order valence-electron chi connectivity index (χ3n) is 6.00. The Labute approximate surface area is 186 Å². The molecule has 4 heteroatoms. The summed E-state index contributed by atoms with van der Waals surface area (Å²) in [6.07, 6.45) is 2.81. The van der Waals surface area contributed by atoms with Crippen LogP contribution in [0.1, 0.15) is 36.0 Å². The summed E-state index contributed by atoms with van der Waals surface area (Å²) in [4.78, 5) is 13.8. The van der Waals surface area contributed by atoms with Crippen molar-refractivity contribution in [2.75, 3.05) is 12.4 Å². The molecule has 1 aliphatic carbocycles. The van der Waals surface area contributed by atoms with Crippen LogP contribution in [0.25, 0.3) is 11.1 Å². The fraction of sp³-hybridized carbons (Fsp3) is 0.269. The molecule has 0 bridgehead atoms. The van der Waals surface area contributed by atoms with Crippen LogP contribution in [0.3, 0.4) is 0 Å². The molecule has 3 aromatic carbocycles. The lowest BCUT2D eigenvalue weighted by atomic mass is 9.73. The molecule has 30 heavy (non-hydrogen) atoms. The summed E-state index contributed by atoms with van der Waals surface area (Å²) in [6.45, 7) is 0.493. The smallest absolute Gasteiger partial charge is 0.235 e. The van der Waals surface area contributed by atoms with Gasteiger partial charge in [-0.15, -0.1) is 0 Å². The van der Waals surface area contributed by atoms with E-state index in [1.54, 1.807) is 7.11 Å². The zero-order chi connectivity index (χ0) is 21.0. The van der Waals surface area contributed by atoms with Gasteiger partial charge >= 0.3 is 0 Å². The van der Waals surface area contributed by atoms with Crippen molar-refractivity contribution in [3.63, 3.8) is 0 Å². The molecule has 0 saturated heterocycles. The number of hydrogen-bond acceptors (Lipinski definition) is 2. The highest BCUT2D eigenvalue weighted by atomic mass is 79.9. The highest BCUT2D eigenvalue weighted by Crippen LogP contribution is 2.51. The second kappa shape index (κ2) is 9.05. The molecule has 154 valence electrons. The van der Waals surface area contributed by atoms with Gasteiger partial charge in [-0.1, -0.05) is 83.0 Å². The molecule has 0 radical (unpaired) electrons. The SMILES string of the molecule is COc1ccc(CNC(=O)C2(CCCCBr)c3ccccc3-c3ccccc32)cc1. The number of hydrogen-bond donors (Lipinski definition) is 1. The van der Waals surface area contributed by atoms with E-state index in [2.05, 4.69) is 57.6 Å². The molecule has 0 aromatic heterocycles. The zero-order valence-corrected chi connectivity index (χ0v) is 18.7. The van der Waals surface area contributed by atoms with Crippen molar-refractivity contribution in [2.45, 2.75) is 31.2 Å². The number of carbonyl (C=O) groups excluding carboxylic acids is 1. The maximum Gasteiger partial charge on any atom is 0.235 e. The molecule has 0 saturated carbocycles. The lowest BCUT2D eigenvalue weighted by Gasteiger charge is -2.31. The maximum atomic E-state index is 13.8. The van der Waals surface area contributed by atoms with Crippen LogP contribution in [0.5, 0.6) is 5.75 Å². The summed E-state index contributed by atoms with van der Waals surface area (Å²) < 4.78 is 5.23. The van der Waals surface area contributed by atoms with Crippen LogP contribution >= 0.6 is 15.9 Å². The summed E-state index contributed by atoms with van der Waals surface area (Å²) in [5.41, 5.74) is 4.99. The van der Waals surface area contributed by atoms with Gasteiger partial charge in [0.15, 0.2) is 0 Å². The molecule has 3 aromatic rings. The highest BCUT2D eigenvalue weighted by molar-refractivity contribution is 9.09. The number of methoxy groups -OCH3 is 1. The molecule has 0 atom stereocenters. The second-order valence-electron chi connectivity index (χ2n) is 7.67. The Morgan fingerprint density at radius 3 is 2.07 bits per heavy atom. The van der Waals surface area contributed by atoms with Gasteiger partial charge in [0, 0.05) is 11.9 Å². The third-order valence-corrected chi connectivity index (χ3v) is 6.56. The standard InChI is InChI=1S/C26H26BrNO2/c1-30-20-14-12-19(13-15-20)18-28-25(29)26(16-6-7-17-27)23-10-4-2-8-21(23)22-9-3-5-11-24(22)26/h2-5,8-15H,6-7,16-18H2,1H3,(H,28,29). The number of carbonyl (C=O) groups is 1. The molecular weight excluding hydrogens is 438 g/mol. The number of amides is 1. The van der Waals surface area contributed by atoms with Crippen molar-refractivity contribution >= 4 is 21.8 Å². The number of benzene rings is 3. The van der Waals surface area contributed by atoms with Gasteiger partial charge in [0.2, 0.25) is 5.91 Å². The number of fused-ring (bicyclic) bond motifs is 3. The summed E-state index contributed by atoms with van der Waals surface area (Å²) in [5.74, 6) is 0.889. The van der Waals surface area contributed by atoms with E-state index in [4.69, 9.17) is 4.74 Å². The Balaban J connectivity index is 1.69. The van der Waals surface area contributed by atoms with E-state index in [1.807, 2.05) is 36.4 Å². The van der Waals surface area contributed by atoms with Gasteiger partial charge in [-0.2, -0.15) is 0 Å². The van der Waals surface area contributed by atoms with Crippen molar-refractivity contribution in [1.82, 2.24) is 5.32 Å². The van der Waals surface area contributed by atoms with E-state index in [9.17, 15) is 4.79 Å². The van der Waals surface area contributed by atoms with E-state index in [0.29, 0.717) is 6.54 Å². The molecule has 0 aliphatic heterocycles. The van der Waals surface area contributed by atoms with E-state index in [0.717, 1.165) is 47.0 Å². The van der Waals surface area contributed by atoms with Crippen molar-refractivity contribution in [3.8, 4) is 16.9 Å². The van der Waals surface area contributed by atoms with Gasteiger partial charge < -0.3 is 10.1 Å². The minimum absolute atomic E-state index is 0.0743. The van der Waals surface area contributed by atoms with E-state index >= 15 is 0 Å². The van der Waals surface area contributed by atoms with Crippen LogP contribution in [-0.4, -0.2) is 18.3 Å². The molecule has 1 aliphatic rings. The normalized spacial score (nSPS) is 13.4. The number of halogens is 1. The van der Waals surface area contributed by atoms with E-state index < -0.39 is 5.41 Å². The lowest BCUT2D eigenvalue weighted by molar-refractivity contribution is -0.125. The highest BCUT2D eigenvalue weighted by Gasteiger charge is 2.48. The molecule has 3 nitrogen and oxygen atoms in total. The first-order chi connectivity index (χ1) is 14.7.